The summed E-state index contributed by atoms with van der Waals surface area (Å²) >= 11 is 0. The van der Waals surface area contributed by atoms with Crippen molar-refractivity contribution in [2.45, 2.75) is 24.8 Å². The molecule has 4 rings (SSSR count). The molecule has 0 radical (unpaired) electrons. The van der Waals surface area contributed by atoms with Gasteiger partial charge < -0.3 is 15.0 Å². The summed E-state index contributed by atoms with van der Waals surface area (Å²) in [6, 6.07) is 6.18. The first kappa shape index (κ1) is 16.0. The van der Waals surface area contributed by atoms with Crippen LogP contribution < -0.4 is 15.0 Å². The topological polar surface area (TPSA) is 50.3 Å². The summed E-state index contributed by atoms with van der Waals surface area (Å²) in [6.07, 6.45) is -1.37. The van der Waals surface area contributed by atoms with Crippen LogP contribution in [0.4, 0.5) is 24.7 Å². The molecule has 0 saturated carbocycles. The number of methoxy groups -OCH3 is 1. The lowest BCUT2D eigenvalue weighted by Gasteiger charge is -2.43. The Morgan fingerprint density at radius 2 is 2.16 bits per heavy atom. The van der Waals surface area contributed by atoms with E-state index < -0.39 is 17.8 Å². The van der Waals surface area contributed by atoms with Crippen LogP contribution in [-0.2, 0) is 0 Å². The monoisotopic (exact) mass is 350 g/mol. The van der Waals surface area contributed by atoms with Gasteiger partial charge in [0, 0.05) is 18.7 Å². The van der Waals surface area contributed by atoms with E-state index in [9.17, 15) is 13.2 Å². The molecule has 1 aromatic carbocycles. The molecule has 1 atom stereocenters. The number of nitrogens with zero attached hydrogens (tertiary/aromatic N) is 3. The summed E-state index contributed by atoms with van der Waals surface area (Å²) in [5.41, 5.74) is 0.165. The zero-order valence-corrected chi connectivity index (χ0v) is 13.6. The van der Waals surface area contributed by atoms with Crippen LogP contribution in [-0.4, -0.2) is 42.4 Å². The number of hydrogen-bond acceptors (Lipinski definition) is 5. The van der Waals surface area contributed by atoms with Crippen LogP contribution in [0, 0.1) is 5.82 Å². The Labute approximate surface area is 142 Å². The Kier molecular flexibility index (Phi) is 3.70. The predicted molar refractivity (Wildman–Crippen MR) is 87.8 cm³/mol. The lowest BCUT2D eigenvalue weighted by molar-refractivity contribution is 0.0613. The van der Waals surface area contributed by atoms with Crippen molar-refractivity contribution in [2.24, 2.45) is 0 Å². The molecule has 1 aromatic heterocycles. The molecular weight excluding hydrogens is 333 g/mol. The van der Waals surface area contributed by atoms with Crippen molar-refractivity contribution in [2.75, 3.05) is 30.4 Å². The number of rotatable bonds is 3. The SMILES string of the molecule is COc1c(F)cccc1-c1cc2c(nn1)NCC1(C(F)F)CCCN21. The molecule has 1 saturated heterocycles. The van der Waals surface area contributed by atoms with Crippen LogP contribution in [0.2, 0.25) is 0 Å². The number of nitrogens with one attached hydrogen (secondary N) is 1. The molecule has 2 aromatic rings. The summed E-state index contributed by atoms with van der Waals surface area (Å²) in [5, 5.41) is 11.2. The average molecular weight is 350 g/mol. The van der Waals surface area contributed by atoms with Crippen LogP contribution in [0.5, 0.6) is 5.75 Å². The highest BCUT2D eigenvalue weighted by atomic mass is 19.3. The Morgan fingerprint density at radius 1 is 1.32 bits per heavy atom. The van der Waals surface area contributed by atoms with Crippen LogP contribution in [0.25, 0.3) is 11.3 Å². The number of alkyl halides is 2. The van der Waals surface area contributed by atoms with Gasteiger partial charge in [-0.05, 0) is 31.0 Å². The molecule has 2 aliphatic rings. The standard InChI is InChI=1S/C17H17F3N4O/c1-25-14-10(4-2-5-11(14)18)12-8-13-15(23-22-12)21-9-17(16(19)20)6-3-7-24(13)17/h2,4-5,8,16H,3,6-7,9H2,1H3,(H,21,23). The van der Waals surface area contributed by atoms with Gasteiger partial charge in [0.25, 0.3) is 6.43 Å². The fourth-order valence-corrected chi connectivity index (χ4v) is 3.75. The van der Waals surface area contributed by atoms with Crippen LogP contribution in [0.15, 0.2) is 24.3 Å². The van der Waals surface area contributed by atoms with Crippen molar-refractivity contribution in [1.82, 2.24) is 10.2 Å². The lowest BCUT2D eigenvalue weighted by atomic mass is 9.94. The molecule has 0 spiro atoms. The van der Waals surface area contributed by atoms with E-state index in [4.69, 9.17) is 4.74 Å². The molecule has 25 heavy (non-hydrogen) atoms. The van der Waals surface area contributed by atoms with Crippen LogP contribution in [0.3, 0.4) is 0 Å². The normalized spacial score (nSPS) is 21.7. The number of anilines is 2. The van der Waals surface area contributed by atoms with Gasteiger partial charge in [0.05, 0.1) is 18.5 Å². The van der Waals surface area contributed by atoms with Gasteiger partial charge in [0.15, 0.2) is 17.4 Å². The molecular formula is C17H17F3N4O. The predicted octanol–water partition coefficient (Wildman–Crippen LogP) is 3.32. The third kappa shape index (κ3) is 2.31. The third-order valence-corrected chi connectivity index (χ3v) is 5.01. The van der Waals surface area contributed by atoms with Crippen LogP contribution in [0.1, 0.15) is 12.8 Å². The molecule has 1 fully saturated rings. The summed E-state index contributed by atoms with van der Waals surface area (Å²) < 4.78 is 46.6. The zero-order chi connectivity index (χ0) is 17.6. The van der Waals surface area contributed by atoms with E-state index in [0.717, 1.165) is 0 Å². The summed E-state index contributed by atoms with van der Waals surface area (Å²) in [5.74, 6) is 0.0140. The quantitative estimate of drug-likeness (QED) is 0.920. The lowest BCUT2D eigenvalue weighted by Crippen LogP contribution is -2.57. The molecule has 3 heterocycles. The van der Waals surface area contributed by atoms with E-state index in [1.807, 2.05) is 0 Å². The minimum Gasteiger partial charge on any atom is -0.493 e. The van der Waals surface area contributed by atoms with Crippen molar-refractivity contribution < 1.29 is 17.9 Å². The number of benzene rings is 1. The van der Waals surface area contributed by atoms with Crippen molar-refractivity contribution in [3.8, 4) is 17.0 Å². The first-order valence-electron chi connectivity index (χ1n) is 8.07. The van der Waals surface area contributed by atoms with E-state index >= 15 is 0 Å². The van der Waals surface area contributed by atoms with E-state index in [1.54, 1.807) is 23.1 Å². The zero-order valence-electron chi connectivity index (χ0n) is 13.6. The largest absolute Gasteiger partial charge is 0.493 e. The number of ether oxygens (including phenoxy) is 1. The smallest absolute Gasteiger partial charge is 0.263 e. The molecule has 1 unspecified atom stereocenters. The Morgan fingerprint density at radius 3 is 2.92 bits per heavy atom. The number of aromatic nitrogens is 2. The molecule has 8 heteroatoms. The van der Waals surface area contributed by atoms with Crippen molar-refractivity contribution in [3.05, 3.63) is 30.1 Å². The Hall–Kier alpha value is -2.51. The third-order valence-electron chi connectivity index (χ3n) is 5.01. The molecule has 0 bridgehead atoms. The second kappa shape index (κ2) is 5.79. The van der Waals surface area contributed by atoms with E-state index in [0.29, 0.717) is 42.1 Å². The van der Waals surface area contributed by atoms with Gasteiger partial charge in [-0.1, -0.05) is 6.07 Å². The Bertz CT molecular complexity index is 816. The number of halogens is 3. The van der Waals surface area contributed by atoms with Gasteiger partial charge in [-0.25, -0.2) is 13.2 Å². The van der Waals surface area contributed by atoms with Crippen molar-refractivity contribution >= 4 is 11.5 Å². The molecule has 1 N–H and O–H groups in total. The number of para-hydroxylation sites is 1. The van der Waals surface area contributed by atoms with E-state index in [-0.39, 0.29) is 12.3 Å². The number of hydrogen-bond donors (Lipinski definition) is 1. The van der Waals surface area contributed by atoms with E-state index in [1.165, 1.54) is 13.2 Å². The summed E-state index contributed by atoms with van der Waals surface area (Å²) in [4.78, 5) is 1.72. The molecule has 2 aliphatic heterocycles. The van der Waals surface area contributed by atoms with Gasteiger partial charge in [-0.2, -0.15) is 0 Å². The molecule has 0 amide bonds. The fraction of sp³-hybridized carbons (Fsp3) is 0.412. The first-order valence-corrected chi connectivity index (χ1v) is 8.07. The molecule has 5 nitrogen and oxygen atoms in total. The fourth-order valence-electron chi connectivity index (χ4n) is 3.75. The van der Waals surface area contributed by atoms with Gasteiger partial charge >= 0.3 is 0 Å². The molecule has 0 aliphatic carbocycles. The second-order valence-corrected chi connectivity index (χ2v) is 6.30. The minimum atomic E-state index is -2.48. The second-order valence-electron chi connectivity index (χ2n) is 6.30. The molecule has 132 valence electrons. The number of fused-ring (bicyclic) bond motifs is 3. The van der Waals surface area contributed by atoms with Crippen LogP contribution >= 0.6 is 0 Å². The van der Waals surface area contributed by atoms with Crippen molar-refractivity contribution in [3.63, 3.8) is 0 Å². The highest BCUT2D eigenvalue weighted by molar-refractivity contribution is 5.77. The maximum absolute atomic E-state index is 14.0. The minimum absolute atomic E-state index is 0.0575. The van der Waals surface area contributed by atoms with Gasteiger partial charge in [-0.3, -0.25) is 0 Å². The maximum atomic E-state index is 14.0. The Balaban J connectivity index is 1.83. The van der Waals surface area contributed by atoms with Gasteiger partial charge in [0.1, 0.15) is 5.54 Å². The maximum Gasteiger partial charge on any atom is 0.263 e. The van der Waals surface area contributed by atoms with E-state index in [2.05, 4.69) is 15.5 Å². The summed E-state index contributed by atoms with van der Waals surface area (Å²) in [7, 11) is 1.37. The van der Waals surface area contributed by atoms with Gasteiger partial charge in [-0.15, -0.1) is 10.2 Å². The summed E-state index contributed by atoms with van der Waals surface area (Å²) in [6.45, 7) is 0.666. The highest BCUT2D eigenvalue weighted by Gasteiger charge is 2.51. The van der Waals surface area contributed by atoms with Gasteiger partial charge in [0.2, 0.25) is 0 Å². The first-order chi connectivity index (χ1) is 12.1. The average Bonchev–Trinajstić information content (AvgIpc) is 3.07. The van der Waals surface area contributed by atoms with Crippen molar-refractivity contribution in [1.29, 1.82) is 0 Å². The highest BCUT2D eigenvalue weighted by Crippen LogP contribution is 2.45.